The second-order valence-electron chi connectivity index (χ2n) is 16.7. The zero-order valence-corrected chi connectivity index (χ0v) is 35.6. The third-order valence-electron chi connectivity index (χ3n) is 12.8. The first-order valence-corrected chi connectivity index (χ1v) is 22.3. The van der Waals surface area contributed by atoms with Crippen molar-refractivity contribution < 1.29 is 4.42 Å². The molecule has 13 aromatic rings. The minimum absolute atomic E-state index is 0.557. The van der Waals surface area contributed by atoms with Crippen LogP contribution in [-0.2, 0) is 0 Å². The Bertz CT molecular complexity index is 3970. The molecule has 0 spiro atoms. The van der Waals surface area contributed by atoms with Crippen LogP contribution in [0.25, 0.3) is 128 Å². The van der Waals surface area contributed by atoms with Gasteiger partial charge in [-0.2, -0.15) is 0 Å². The third kappa shape index (κ3) is 6.21. The molecule has 10 aromatic carbocycles. The molecule has 0 atom stereocenters. The van der Waals surface area contributed by atoms with E-state index in [2.05, 4.69) is 199 Å². The highest BCUT2D eigenvalue weighted by Gasteiger charge is 2.28. The lowest BCUT2D eigenvalue weighted by Crippen LogP contribution is -2.06. The molecule has 0 saturated heterocycles. The third-order valence-corrected chi connectivity index (χ3v) is 12.8. The Labute approximate surface area is 380 Å². The number of furan rings is 1. The van der Waals surface area contributed by atoms with E-state index in [1.807, 2.05) is 36.4 Å². The molecule has 0 bridgehead atoms. The predicted octanol–water partition coefficient (Wildman–Crippen LogP) is 16.0. The lowest BCUT2D eigenvalue weighted by atomic mass is 9.84. The van der Waals surface area contributed by atoms with Crippen molar-refractivity contribution in [1.82, 2.24) is 19.5 Å². The van der Waals surface area contributed by atoms with E-state index in [1.165, 1.54) is 21.5 Å². The molecule has 0 aliphatic carbocycles. The molecule has 3 aromatic heterocycles. The smallest absolute Gasteiger partial charge is 0.164 e. The second kappa shape index (κ2) is 15.4. The summed E-state index contributed by atoms with van der Waals surface area (Å²) in [5, 5.41) is 6.90. The first kappa shape index (κ1) is 37.6. The number of aromatic nitrogens is 4. The van der Waals surface area contributed by atoms with Crippen molar-refractivity contribution in [3.05, 3.63) is 231 Å². The minimum atomic E-state index is 0.557. The minimum Gasteiger partial charge on any atom is -0.456 e. The van der Waals surface area contributed by atoms with Crippen molar-refractivity contribution in [2.24, 2.45) is 0 Å². The Morgan fingerprint density at radius 3 is 1.55 bits per heavy atom. The fraction of sp³-hybridized carbons (Fsp3) is 0. The molecule has 0 saturated carbocycles. The van der Waals surface area contributed by atoms with Gasteiger partial charge in [0.2, 0.25) is 0 Å². The van der Waals surface area contributed by atoms with Gasteiger partial charge in [0, 0.05) is 54.9 Å². The summed E-state index contributed by atoms with van der Waals surface area (Å²) in [6, 6.07) is 81.3. The highest BCUT2D eigenvalue weighted by molar-refractivity contribution is 6.16. The van der Waals surface area contributed by atoms with E-state index >= 15 is 0 Å². The monoisotopic (exact) mass is 842 g/mol. The first-order chi connectivity index (χ1) is 32.7. The summed E-state index contributed by atoms with van der Waals surface area (Å²) in [6.07, 6.45) is 0. The van der Waals surface area contributed by atoms with Crippen LogP contribution in [-0.4, -0.2) is 19.5 Å². The summed E-state index contributed by atoms with van der Waals surface area (Å²) in [5.74, 6) is 1.71. The molecule has 0 unspecified atom stereocenters. The Morgan fingerprint density at radius 1 is 0.303 bits per heavy atom. The lowest BCUT2D eigenvalue weighted by Gasteiger charge is -2.25. The zero-order chi connectivity index (χ0) is 43.6. The van der Waals surface area contributed by atoms with Crippen LogP contribution >= 0.6 is 0 Å². The van der Waals surface area contributed by atoms with E-state index in [0.717, 1.165) is 88.7 Å². The van der Waals surface area contributed by atoms with Gasteiger partial charge in [0.05, 0.1) is 16.7 Å². The van der Waals surface area contributed by atoms with Crippen molar-refractivity contribution in [1.29, 1.82) is 0 Å². The molecule has 0 radical (unpaired) electrons. The van der Waals surface area contributed by atoms with Gasteiger partial charge < -0.3 is 8.98 Å². The zero-order valence-electron chi connectivity index (χ0n) is 35.6. The molecule has 66 heavy (non-hydrogen) atoms. The largest absolute Gasteiger partial charge is 0.456 e. The normalized spacial score (nSPS) is 11.6. The van der Waals surface area contributed by atoms with E-state index in [0.29, 0.717) is 17.5 Å². The predicted molar refractivity (Wildman–Crippen MR) is 272 cm³/mol. The molecule has 308 valence electrons. The summed E-state index contributed by atoms with van der Waals surface area (Å²) in [6.45, 7) is 0. The first-order valence-electron chi connectivity index (χ1n) is 22.3. The molecule has 0 fully saturated rings. The van der Waals surface area contributed by atoms with E-state index in [-0.39, 0.29) is 0 Å². The average molecular weight is 843 g/mol. The van der Waals surface area contributed by atoms with Gasteiger partial charge >= 0.3 is 0 Å². The summed E-state index contributed by atoms with van der Waals surface area (Å²) in [7, 11) is 0. The highest BCUT2D eigenvalue weighted by atomic mass is 16.3. The van der Waals surface area contributed by atoms with E-state index in [9.17, 15) is 0 Å². The number of para-hydroxylation sites is 2. The molecule has 0 aliphatic rings. The lowest BCUT2D eigenvalue weighted by molar-refractivity contribution is 0.669. The standard InChI is InChI=1S/C61H38N4O/c1-5-19-39(20-6-1)49-38-51(61-63-59(42-25-11-4-12-26-42)62-60(64-61)45-33-34-48-47-30-16-18-32-54(47)66-55(48)37-45)56(40-21-7-2-8-22-40)57(41-23-9-3-10-24-41)58(49)65-52-31-17-15-29-46(52)50-35-43-27-13-14-28-44(43)36-53(50)65/h1-38H. The summed E-state index contributed by atoms with van der Waals surface area (Å²) in [4.78, 5) is 16.1. The van der Waals surface area contributed by atoms with Crippen molar-refractivity contribution in [3.63, 3.8) is 0 Å². The van der Waals surface area contributed by atoms with E-state index < -0.39 is 0 Å². The van der Waals surface area contributed by atoms with Gasteiger partial charge in [-0.05, 0) is 69.9 Å². The van der Waals surface area contributed by atoms with Crippen molar-refractivity contribution in [2.75, 3.05) is 0 Å². The number of rotatable bonds is 7. The van der Waals surface area contributed by atoms with Gasteiger partial charge in [-0.1, -0.05) is 188 Å². The van der Waals surface area contributed by atoms with Crippen LogP contribution in [0.15, 0.2) is 235 Å². The SMILES string of the molecule is c1ccc(-c2nc(-c3ccc4c(c3)oc3ccccc34)nc(-c3cc(-c4ccccc4)c(-n4c5ccccc5c5cc6ccccc6cc54)c(-c4ccccc4)c3-c3ccccc3)n2)cc1. The van der Waals surface area contributed by atoms with Gasteiger partial charge in [0.1, 0.15) is 11.2 Å². The number of fused-ring (bicyclic) bond motifs is 7. The van der Waals surface area contributed by atoms with Crippen molar-refractivity contribution in [2.45, 2.75) is 0 Å². The Morgan fingerprint density at radius 2 is 0.833 bits per heavy atom. The van der Waals surface area contributed by atoms with Crippen LogP contribution < -0.4 is 0 Å². The van der Waals surface area contributed by atoms with Gasteiger partial charge in [0.25, 0.3) is 0 Å². The van der Waals surface area contributed by atoms with Crippen molar-refractivity contribution >= 4 is 54.5 Å². The van der Waals surface area contributed by atoms with Gasteiger partial charge in [-0.15, -0.1) is 0 Å². The molecule has 3 heterocycles. The maximum atomic E-state index is 6.41. The van der Waals surface area contributed by atoms with Crippen LogP contribution in [0.1, 0.15) is 0 Å². The van der Waals surface area contributed by atoms with Crippen LogP contribution in [0.2, 0.25) is 0 Å². The maximum Gasteiger partial charge on any atom is 0.164 e. The van der Waals surface area contributed by atoms with Gasteiger partial charge in [-0.25, -0.2) is 15.0 Å². The molecule has 0 aliphatic heterocycles. The van der Waals surface area contributed by atoms with Gasteiger partial charge in [-0.3, -0.25) is 0 Å². The fourth-order valence-electron chi connectivity index (χ4n) is 9.81. The number of benzene rings is 10. The Hall–Kier alpha value is -8.93. The molecule has 0 N–H and O–H groups in total. The van der Waals surface area contributed by atoms with E-state index in [1.54, 1.807) is 0 Å². The molecule has 13 rings (SSSR count). The summed E-state index contributed by atoms with van der Waals surface area (Å²) >= 11 is 0. The molecular formula is C61H38N4O. The second-order valence-corrected chi connectivity index (χ2v) is 16.7. The quantitative estimate of drug-likeness (QED) is 0.160. The maximum absolute atomic E-state index is 6.41. The van der Waals surface area contributed by atoms with Crippen LogP contribution in [0, 0.1) is 0 Å². The van der Waals surface area contributed by atoms with Crippen molar-refractivity contribution in [3.8, 4) is 73.2 Å². The summed E-state index contributed by atoms with van der Waals surface area (Å²) in [5.41, 5.74) is 13.9. The molecule has 5 heteroatoms. The van der Waals surface area contributed by atoms with Crippen LogP contribution in [0.4, 0.5) is 0 Å². The number of hydrogen-bond donors (Lipinski definition) is 0. The highest BCUT2D eigenvalue weighted by Crippen LogP contribution is 2.50. The van der Waals surface area contributed by atoms with E-state index in [4.69, 9.17) is 19.4 Å². The number of nitrogens with zero attached hydrogens (tertiary/aromatic N) is 4. The Balaban J connectivity index is 1.19. The average Bonchev–Trinajstić information content (AvgIpc) is 3.93. The topological polar surface area (TPSA) is 56.7 Å². The number of hydrogen-bond acceptors (Lipinski definition) is 4. The Kier molecular flexibility index (Phi) is 8.78. The van der Waals surface area contributed by atoms with Crippen LogP contribution in [0.3, 0.4) is 0 Å². The molecular weight excluding hydrogens is 805 g/mol. The molecule has 5 nitrogen and oxygen atoms in total. The van der Waals surface area contributed by atoms with Gasteiger partial charge in [0.15, 0.2) is 17.5 Å². The molecule has 0 amide bonds. The van der Waals surface area contributed by atoms with Crippen LogP contribution in [0.5, 0.6) is 0 Å². The fourth-order valence-corrected chi connectivity index (χ4v) is 9.81. The summed E-state index contributed by atoms with van der Waals surface area (Å²) < 4.78 is 8.91.